The maximum Gasteiger partial charge on any atom is 0.230 e. The first-order valence-electron chi connectivity index (χ1n) is 8.83. The van der Waals surface area contributed by atoms with E-state index in [1.54, 1.807) is 33.1 Å². The Bertz CT molecular complexity index is 733. The minimum atomic E-state index is -0.0566. The first-order chi connectivity index (χ1) is 13.1. The zero-order valence-corrected chi connectivity index (χ0v) is 17.1. The fourth-order valence-corrected chi connectivity index (χ4v) is 3.51. The predicted molar refractivity (Wildman–Crippen MR) is 110 cm³/mol. The van der Waals surface area contributed by atoms with Gasteiger partial charge < -0.3 is 19.5 Å². The van der Waals surface area contributed by atoms with Crippen LogP contribution in [0, 0.1) is 0 Å². The normalized spacial score (nSPS) is 11.6. The number of amides is 1. The standard InChI is InChI=1S/C21H27NO4S/c1-5-18(16-8-11-19(25-3)20(12-16)26-4)22-21(23)14-27-13-15-6-9-17(24-2)10-7-15/h6-12,18H,5,13-14H2,1-4H3,(H,22,23)/t18-/m0/s1. The SMILES string of the molecule is CC[C@H](NC(=O)CSCc1ccc(OC)cc1)c1ccc(OC)c(OC)c1. The van der Waals surface area contributed by atoms with Crippen LogP contribution in [-0.4, -0.2) is 33.0 Å². The number of hydrogen-bond acceptors (Lipinski definition) is 5. The van der Waals surface area contributed by atoms with Crippen molar-refractivity contribution in [3.8, 4) is 17.2 Å². The van der Waals surface area contributed by atoms with Gasteiger partial charge in [-0.3, -0.25) is 4.79 Å². The molecule has 1 atom stereocenters. The molecule has 1 N–H and O–H groups in total. The van der Waals surface area contributed by atoms with E-state index in [9.17, 15) is 4.79 Å². The van der Waals surface area contributed by atoms with E-state index in [-0.39, 0.29) is 11.9 Å². The van der Waals surface area contributed by atoms with Gasteiger partial charge in [-0.2, -0.15) is 0 Å². The van der Waals surface area contributed by atoms with Crippen LogP contribution in [0.15, 0.2) is 42.5 Å². The molecule has 0 saturated carbocycles. The molecule has 0 spiro atoms. The number of nitrogens with one attached hydrogen (secondary N) is 1. The minimum absolute atomic E-state index is 0.0233. The Morgan fingerprint density at radius 2 is 1.70 bits per heavy atom. The number of benzene rings is 2. The summed E-state index contributed by atoms with van der Waals surface area (Å²) in [6, 6.07) is 13.6. The van der Waals surface area contributed by atoms with Gasteiger partial charge in [-0.25, -0.2) is 0 Å². The van der Waals surface area contributed by atoms with Crippen molar-refractivity contribution in [2.75, 3.05) is 27.1 Å². The average Bonchev–Trinajstić information content (AvgIpc) is 2.72. The first-order valence-corrected chi connectivity index (χ1v) is 9.98. The lowest BCUT2D eigenvalue weighted by Gasteiger charge is -2.19. The number of thioether (sulfide) groups is 1. The monoisotopic (exact) mass is 389 g/mol. The molecular weight excluding hydrogens is 362 g/mol. The van der Waals surface area contributed by atoms with Crippen molar-refractivity contribution in [2.45, 2.75) is 25.1 Å². The molecule has 0 bridgehead atoms. The Hall–Kier alpha value is -2.34. The van der Waals surface area contributed by atoms with Crippen molar-refractivity contribution < 1.29 is 19.0 Å². The lowest BCUT2D eigenvalue weighted by molar-refractivity contribution is -0.119. The van der Waals surface area contributed by atoms with Gasteiger partial charge in [0.25, 0.3) is 0 Å². The van der Waals surface area contributed by atoms with E-state index in [0.29, 0.717) is 17.3 Å². The van der Waals surface area contributed by atoms with E-state index < -0.39 is 0 Å². The second-order valence-electron chi connectivity index (χ2n) is 5.98. The second-order valence-corrected chi connectivity index (χ2v) is 6.97. The van der Waals surface area contributed by atoms with Crippen LogP contribution in [0.3, 0.4) is 0 Å². The quantitative estimate of drug-likeness (QED) is 0.660. The summed E-state index contributed by atoms with van der Waals surface area (Å²) < 4.78 is 15.8. The van der Waals surface area contributed by atoms with Gasteiger partial charge in [-0.15, -0.1) is 11.8 Å². The third-order valence-electron chi connectivity index (χ3n) is 4.21. The van der Waals surface area contributed by atoms with Crippen LogP contribution in [0.2, 0.25) is 0 Å². The number of carbonyl (C=O) groups is 1. The van der Waals surface area contributed by atoms with E-state index in [2.05, 4.69) is 5.32 Å². The van der Waals surface area contributed by atoms with E-state index in [1.165, 1.54) is 5.56 Å². The summed E-state index contributed by atoms with van der Waals surface area (Å²) in [5, 5.41) is 3.10. The maximum atomic E-state index is 12.3. The molecule has 146 valence electrons. The van der Waals surface area contributed by atoms with Gasteiger partial charge in [-0.1, -0.05) is 25.1 Å². The number of carbonyl (C=O) groups excluding carboxylic acids is 1. The summed E-state index contributed by atoms with van der Waals surface area (Å²) in [6.45, 7) is 2.05. The molecule has 2 rings (SSSR count). The molecule has 2 aromatic rings. The van der Waals surface area contributed by atoms with Gasteiger partial charge in [0, 0.05) is 5.75 Å². The summed E-state index contributed by atoms with van der Waals surface area (Å²) in [4.78, 5) is 12.3. The molecule has 0 unspecified atom stereocenters. The predicted octanol–water partition coefficient (Wildman–Crippen LogP) is 4.21. The molecule has 0 saturated heterocycles. The zero-order chi connectivity index (χ0) is 19.6. The first kappa shape index (κ1) is 21.0. The highest BCUT2D eigenvalue weighted by molar-refractivity contribution is 7.99. The molecule has 0 radical (unpaired) electrons. The highest BCUT2D eigenvalue weighted by Gasteiger charge is 2.15. The van der Waals surface area contributed by atoms with E-state index >= 15 is 0 Å². The fraction of sp³-hybridized carbons (Fsp3) is 0.381. The third-order valence-corrected chi connectivity index (χ3v) is 5.22. The van der Waals surface area contributed by atoms with Gasteiger partial charge in [-0.05, 0) is 41.8 Å². The number of hydrogen-bond donors (Lipinski definition) is 1. The second kappa shape index (κ2) is 10.7. The van der Waals surface area contributed by atoms with Crippen LogP contribution in [-0.2, 0) is 10.5 Å². The van der Waals surface area contributed by atoms with E-state index in [1.807, 2.05) is 49.4 Å². The summed E-state index contributed by atoms with van der Waals surface area (Å²) in [6.07, 6.45) is 0.796. The van der Waals surface area contributed by atoms with Crippen LogP contribution in [0.4, 0.5) is 0 Å². The summed E-state index contributed by atoms with van der Waals surface area (Å²) in [5.74, 6) is 3.40. The van der Waals surface area contributed by atoms with Crippen molar-refractivity contribution in [3.63, 3.8) is 0 Å². The number of ether oxygens (including phenoxy) is 3. The summed E-state index contributed by atoms with van der Waals surface area (Å²) in [5.41, 5.74) is 2.17. The number of methoxy groups -OCH3 is 3. The lowest BCUT2D eigenvalue weighted by atomic mass is 10.0. The smallest absolute Gasteiger partial charge is 0.230 e. The van der Waals surface area contributed by atoms with Gasteiger partial charge >= 0.3 is 0 Å². The Morgan fingerprint density at radius 3 is 2.30 bits per heavy atom. The molecule has 5 nitrogen and oxygen atoms in total. The van der Waals surface area contributed by atoms with Gasteiger partial charge in [0.15, 0.2) is 11.5 Å². The zero-order valence-electron chi connectivity index (χ0n) is 16.3. The van der Waals surface area contributed by atoms with Crippen molar-refractivity contribution in [1.29, 1.82) is 0 Å². The molecule has 0 aliphatic heterocycles. The Kier molecular flexibility index (Phi) is 8.33. The van der Waals surface area contributed by atoms with E-state index in [0.717, 1.165) is 23.5 Å². The molecular formula is C21H27NO4S. The molecule has 27 heavy (non-hydrogen) atoms. The highest BCUT2D eigenvalue weighted by atomic mass is 32.2. The van der Waals surface area contributed by atoms with Crippen LogP contribution < -0.4 is 19.5 Å². The van der Waals surface area contributed by atoms with E-state index in [4.69, 9.17) is 14.2 Å². The molecule has 1 amide bonds. The molecule has 6 heteroatoms. The third kappa shape index (κ3) is 6.10. The Labute approximate surface area is 165 Å². The van der Waals surface area contributed by atoms with Crippen LogP contribution in [0.25, 0.3) is 0 Å². The molecule has 0 aliphatic carbocycles. The largest absolute Gasteiger partial charge is 0.497 e. The Balaban J connectivity index is 1.88. The Morgan fingerprint density at radius 1 is 1.00 bits per heavy atom. The van der Waals surface area contributed by atoms with Crippen LogP contribution in [0.5, 0.6) is 17.2 Å². The van der Waals surface area contributed by atoms with Crippen molar-refractivity contribution >= 4 is 17.7 Å². The molecule has 0 heterocycles. The number of rotatable bonds is 10. The molecule has 2 aromatic carbocycles. The van der Waals surface area contributed by atoms with Crippen molar-refractivity contribution in [1.82, 2.24) is 5.32 Å². The average molecular weight is 390 g/mol. The maximum absolute atomic E-state index is 12.3. The van der Waals surface area contributed by atoms with Gasteiger partial charge in [0.2, 0.25) is 5.91 Å². The fourth-order valence-electron chi connectivity index (χ4n) is 2.71. The molecule has 0 aliphatic rings. The van der Waals surface area contributed by atoms with Crippen molar-refractivity contribution in [2.24, 2.45) is 0 Å². The molecule has 0 fully saturated rings. The topological polar surface area (TPSA) is 56.8 Å². The highest BCUT2D eigenvalue weighted by Crippen LogP contribution is 2.31. The van der Waals surface area contributed by atoms with Crippen molar-refractivity contribution in [3.05, 3.63) is 53.6 Å². The summed E-state index contributed by atoms with van der Waals surface area (Å²) >= 11 is 1.59. The molecule has 0 aromatic heterocycles. The summed E-state index contributed by atoms with van der Waals surface area (Å²) in [7, 11) is 4.87. The van der Waals surface area contributed by atoms with Crippen LogP contribution >= 0.6 is 11.8 Å². The minimum Gasteiger partial charge on any atom is -0.497 e. The lowest BCUT2D eigenvalue weighted by Crippen LogP contribution is -2.29. The van der Waals surface area contributed by atoms with Crippen LogP contribution in [0.1, 0.15) is 30.5 Å². The van der Waals surface area contributed by atoms with Gasteiger partial charge in [0.1, 0.15) is 5.75 Å². The van der Waals surface area contributed by atoms with Gasteiger partial charge in [0.05, 0.1) is 33.1 Å².